The number of piperazine rings is 1. The van der Waals surface area contributed by atoms with Crippen molar-refractivity contribution in [2.24, 2.45) is 5.92 Å². The molecule has 17 heavy (non-hydrogen) atoms. The molecule has 1 saturated heterocycles. The molecule has 0 aromatic rings. The van der Waals surface area contributed by atoms with Crippen LogP contribution in [0, 0.1) is 5.92 Å². The van der Waals surface area contributed by atoms with Gasteiger partial charge in [0.15, 0.2) is 0 Å². The van der Waals surface area contributed by atoms with Crippen molar-refractivity contribution in [1.29, 1.82) is 0 Å². The van der Waals surface area contributed by atoms with Gasteiger partial charge in [0.2, 0.25) is 0 Å². The number of nitrogens with zero attached hydrogens (tertiary/aromatic N) is 1. The molecule has 1 heterocycles. The van der Waals surface area contributed by atoms with Crippen molar-refractivity contribution in [2.75, 3.05) is 45.8 Å². The average molecular weight is 239 g/mol. The molecule has 1 aliphatic heterocycles. The van der Waals surface area contributed by atoms with Gasteiger partial charge >= 0.3 is 0 Å². The van der Waals surface area contributed by atoms with Crippen LogP contribution in [0.3, 0.4) is 0 Å². The molecular weight excluding hydrogens is 210 g/mol. The standard InChI is InChI=1S/C14H29N3/c1-2-5-14(4-1)6-8-15-7-3-11-17-12-9-16-10-13-17/h14-16H,1-13H2. The minimum Gasteiger partial charge on any atom is -0.317 e. The zero-order valence-corrected chi connectivity index (χ0v) is 11.2. The van der Waals surface area contributed by atoms with Crippen LogP contribution in [0.1, 0.15) is 38.5 Å². The Balaban J connectivity index is 1.38. The minimum absolute atomic E-state index is 1.04. The van der Waals surface area contributed by atoms with Crippen molar-refractivity contribution in [1.82, 2.24) is 15.5 Å². The smallest absolute Gasteiger partial charge is 0.0107 e. The van der Waals surface area contributed by atoms with E-state index in [1.807, 2.05) is 0 Å². The van der Waals surface area contributed by atoms with Gasteiger partial charge in [0.05, 0.1) is 0 Å². The second kappa shape index (κ2) is 8.06. The quantitative estimate of drug-likeness (QED) is 0.659. The van der Waals surface area contributed by atoms with Gasteiger partial charge in [0, 0.05) is 26.2 Å². The minimum atomic E-state index is 1.04. The summed E-state index contributed by atoms with van der Waals surface area (Å²) < 4.78 is 0. The Labute approximate surface area is 106 Å². The lowest BCUT2D eigenvalue weighted by Gasteiger charge is -2.27. The predicted octanol–water partition coefficient (Wildman–Crippen LogP) is 1.45. The summed E-state index contributed by atoms with van der Waals surface area (Å²) in [6, 6.07) is 0. The van der Waals surface area contributed by atoms with Gasteiger partial charge in [-0.3, -0.25) is 0 Å². The van der Waals surface area contributed by atoms with Gasteiger partial charge < -0.3 is 15.5 Å². The molecule has 1 aliphatic carbocycles. The second-order valence-corrected chi connectivity index (χ2v) is 5.63. The van der Waals surface area contributed by atoms with Crippen LogP contribution in [-0.4, -0.2) is 50.7 Å². The van der Waals surface area contributed by atoms with Gasteiger partial charge in [0.25, 0.3) is 0 Å². The summed E-state index contributed by atoms with van der Waals surface area (Å²) in [6.45, 7) is 8.55. The Hall–Kier alpha value is -0.120. The van der Waals surface area contributed by atoms with Crippen LogP contribution in [0.25, 0.3) is 0 Å². The maximum absolute atomic E-state index is 3.61. The van der Waals surface area contributed by atoms with E-state index < -0.39 is 0 Å². The van der Waals surface area contributed by atoms with E-state index in [0.717, 1.165) is 5.92 Å². The topological polar surface area (TPSA) is 27.3 Å². The molecule has 0 amide bonds. The Morgan fingerprint density at radius 2 is 1.82 bits per heavy atom. The van der Waals surface area contributed by atoms with Crippen molar-refractivity contribution < 1.29 is 0 Å². The number of rotatable bonds is 7. The molecule has 3 heteroatoms. The SMILES string of the molecule is C1CCC(CCNCCCN2CCNCC2)C1. The lowest BCUT2D eigenvalue weighted by molar-refractivity contribution is 0.237. The van der Waals surface area contributed by atoms with E-state index in [1.54, 1.807) is 0 Å². The molecule has 2 rings (SSSR count). The van der Waals surface area contributed by atoms with Gasteiger partial charge in [0.1, 0.15) is 0 Å². The Morgan fingerprint density at radius 3 is 2.59 bits per heavy atom. The Kier molecular flexibility index (Phi) is 6.32. The fourth-order valence-corrected chi connectivity index (χ4v) is 3.09. The zero-order valence-electron chi connectivity index (χ0n) is 11.2. The number of hydrogen-bond acceptors (Lipinski definition) is 3. The predicted molar refractivity (Wildman–Crippen MR) is 73.4 cm³/mol. The summed E-state index contributed by atoms with van der Waals surface area (Å²) in [5.74, 6) is 1.04. The molecule has 2 aliphatic rings. The molecule has 2 fully saturated rings. The van der Waals surface area contributed by atoms with E-state index in [1.165, 1.54) is 84.3 Å². The van der Waals surface area contributed by atoms with E-state index in [0.29, 0.717) is 0 Å². The Morgan fingerprint density at radius 1 is 1.06 bits per heavy atom. The van der Waals surface area contributed by atoms with Crippen LogP contribution in [0.4, 0.5) is 0 Å². The molecule has 0 unspecified atom stereocenters. The fraction of sp³-hybridized carbons (Fsp3) is 1.00. The first-order valence-electron chi connectivity index (χ1n) is 7.59. The molecule has 3 nitrogen and oxygen atoms in total. The van der Waals surface area contributed by atoms with E-state index in [2.05, 4.69) is 15.5 Å². The fourth-order valence-electron chi connectivity index (χ4n) is 3.09. The van der Waals surface area contributed by atoms with Gasteiger partial charge in [-0.2, -0.15) is 0 Å². The molecule has 100 valence electrons. The molecule has 0 aromatic heterocycles. The molecule has 0 spiro atoms. The molecule has 1 saturated carbocycles. The first-order valence-corrected chi connectivity index (χ1v) is 7.59. The van der Waals surface area contributed by atoms with Crippen molar-refractivity contribution in [3.05, 3.63) is 0 Å². The highest BCUT2D eigenvalue weighted by Crippen LogP contribution is 2.26. The summed E-state index contributed by atoms with van der Waals surface area (Å²) in [5.41, 5.74) is 0. The third-order valence-corrected chi connectivity index (χ3v) is 4.24. The van der Waals surface area contributed by atoms with Gasteiger partial charge in [-0.25, -0.2) is 0 Å². The van der Waals surface area contributed by atoms with Crippen LogP contribution < -0.4 is 10.6 Å². The van der Waals surface area contributed by atoms with Crippen LogP contribution in [0.15, 0.2) is 0 Å². The first kappa shape index (κ1) is 13.3. The van der Waals surface area contributed by atoms with Crippen LogP contribution in [0.5, 0.6) is 0 Å². The molecule has 2 N–H and O–H groups in total. The summed E-state index contributed by atoms with van der Waals surface area (Å²) >= 11 is 0. The van der Waals surface area contributed by atoms with Crippen molar-refractivity contribution >= 4 is 0 Å². The van der Waals surface area contributed by atoms with E-state index >= 15 is 0 Å². The summed E-state index contributed by atoms with van der Waals surface area (Å²) in [5, 5.41) is 7.01. The maximum Gasteiger partial charge on any atom is 0.0107 e. The largest absolute Gasteiger partial charge is 0.317 e. The van der Waals surface area contributed by atoms with Crippen LogP contribution in [0.2, 0.25) is 0 Å². The highest BCUT2D eigenvalue weighted by Gasteiger charge is 2.13. The van der Waals surface area contributed by atoms with E-state index in [9.17, 15) is 0 Å². The van der Waals surface area contributed by atoms with Crippen LogP contribution in [-0.2, 0) is 0 Å². The Bertz CT molecular complexity index is 184. The molecule has 0 aromatic carbocycles. The molecule has 0 radical (unpaired) electrons. The average Bonchev–Trinajstić information content (AvgIpc) is 2.88. The molecular formula is C14H29N3. The third kappa shape index (κ3) is 5.36. The second-order valence-electron chi connectivity index (χ2n) is 5.63. The lowest BCUT2D eigenvalue weighted by atomic mass is 10.0. The first-order chi connectivity index (χ1) is 8.45. The monoisotopic (exact) mass is 239 g/mol. The van der Waals surface area contributed by atoms with Gasteiger partial charge in [-0.15, -0.1) is 0 Å². The van der Waals surface area contributed by atoms with Crippen molar-refractivity contribution in [3.63, 3.8) is 0 Å². The maximum atomic E-state index is 3.61. The zero-order chi connectivity index (χ0) is 11.8. The van der Waals surface area contributed by atoms with Gasteiger partial charge in [-0.05, 0) is 38.4 Å². The number of hydrogen-bond donors (Lipinski definition) is 2. The van der Waals surface area contributed by atoms with Crippen molar-refractivity contribution in [3.8, 4) is 0 Å². The van der Waals surface area contributed by atoms with E-state index in [4.69, 9.17) is 0 Å². The number of nitrogens with one attached hydrogen (secondary N) is 2. The highest BCUT2D eigenvalue weighted by atomic mass is 15.2. The summed E-state index contributed by atoms with van der Waals surface area (Å²) in [7, 11) is 0. The third-order valence-electron chi connectivity index (χ3n) is 4.24. The molecule has 0 bridgehead atoms. The summed E-state index contributed by atoms with van der Waals surface area (Å²) in [4.78, 5) is 2.58. The highest BCUT2D eigenvalue weighted by molar-refractivity contribution is 4.69. The summed E-state index contributed by atoms with van der Waals surface area (Å²) in [6.07, 6.45) is 8.66. The normalized spacial score (nSPS) is 23.3. The van der Waals surface area contributed by atoms with Gasteiger partial charge in [-0.1, -0.05) is 25.7 Å². The molecule has 0 atom stereocenters. The lowest BCUT2D eigenvalue weighted by Crippen LogP contribution is -2.44. The van der Waals surface area contributed by atoms with E-state index in [-0.39, 0.29) is 0 Å². The van der Waals surface area contributed by atoms with Crippen LogP contribution >= 0.6 is 0 Å². The van der Waals surface area contributed by atoms with Crippen molar-refractivity contribution in [2.45, 2.75) is 38.5 Å².